The first-order valence-corrected chi connectivity index (χ1v) is 8.94. The highest BCUT2D eigenvalue weighted by molar-refractivity contribution is 8.18. The van der Waals surface area contributed by atoms with E-state index in [9.17, 15) is 14.4 Å². The predicted octanol–water partition coefficient (Wildman–Crippen LogP) is 2.96. The van der Waals surface area contributed by atoms with Gasteiger partial charge in [0.15, 0.2) is 0 Å². The molecular weight excluding hydrogens is 340 g/mol. The summed E-state index contributed by atoms with van der Waals surface area (Å²) in [6.07, 6.45) is 3.49. The Morgan fingerprint density at radius 1 is 1.36 bits per heavy atom. The highest BCUT2D eigenvalue weighted by atomic mass is 32.2. The van der Waals surface area contributed by atoms with E-state index in [4.69, 9.17) is 4.74 Å². The third kappa shape index (κ3) is 4.85. The number of unbranched alkanes of at least 4 members (excludes halogenated alkanes) is 1. The van der Waals surface area contributed by atoms with E-state index < -0.39 is 11.1 Å². The standard InChI is InChI=1S/C18H22N2O4S/c1-4-5-8-19-16(21)11-20-17(22)15(25-18(20)23)10-13-6-7-14(24-3)12(2)9-13/h6-7,9-10H,4-5,8,11H2,1-3H3,(H,19,21)/b15-10-. The molecule has 2 rings (SSSR count). The van der Waals surface area contributed by atoms with Crippen molar-refractivity contribution >= 4 is 34.9 Å². The van der Waals surface area contributed by atoms with Crippen molar-refractivity contribution in [2.24, 2.45) is 0 Å². The fraction of sp³-hybridized carbons (Fsp3) is 0.389. The molecule has 1 aromatic carbocycles. The maximum absolute atomic E-state index is 12.4. The van der Waals surface area contributed by atoms with Gasteiger partial charge in [0.1, 0.15) is 12.3 Å². The second kappa shape index (κ2) is 8.71. The summed E-state index contributed by atoms with van der Waals surface area (Å²) >= 11 is 0.850. The number of methoxy groups -OCH3 is 1. The lowest BCUT2D eigenvalue weighted by Gasteiger charge is -2.12. The van der Waals surface area contributed by atoms with Crippen molar-refractivity contribution in [3.05, 3.63) is 34.2 Å². The van der Waals surface area contributed by atoms with Crippen molar-refractivity contribution in [1.29, 1.82) is 0 Å². The van der Waals surface area contributed by atoms with E-state index in [1.165, 1.54) is 0 Å². The molecule has 1 saturated heterocycles. The van der Waals surface area contributed by atoms with Crippen molar-refractivity contribution in [1.82, 2.24) is 10.2 Å². The molecule has 0 spiro atoms. The van der Waals surface area contributed by atoms with Crippen LogP contribution in [0.2, 0.25) is 0 Å². The Kier molecular flexibility index (Phi) is 6.64. The summed E-state index contributed by atoms with van der Waals surface area (Å²) in [6, 6.07) is 5.51. The van der Waals surface area contributed by atoms with Crippen molar-refractivity contribution in [2.45, 2.75) is 26.7 Å². The third-order valence-electron chi connectivity index (χ3n) is 3.74. The van der Waals surface area contributed by atoms with Crippen LogP contribution in [-0.2, 0) is 9.59 Å². The first-order chi connectivity index (χ1) is 12.0. The Hall–Kier alpha value is -2.28. The maximum Gasteiger partial charge on any atom is 0.294 e. The Balaban J connectivity index is 2.07. The molecule has 6 nitrogen and oxygen atoms in total. The first-order valence-electron chi connectivity index (χ1n) is 8.13. The maximum atomic E-state index is 12.4. The summed E-state index contributed by atoms with van der Waals surface area (Å²) in [5.74, 6) is 0.000379. The van der Waals surface area contributed by atoms with Crippen LogP contribution in [0.1, 0.15) is 30.9 Å². The summed E-state index contributed by atoms with van der Waals surface area (Å²) < 4.78 is 5.21. The van der Waals surface area contributed by atoms with Crippen molar-refractivity contribution in [3.63, 3.8) is 0 Å². The fourth-order valence-electron chi connectivity index (χ4n) is 2.38. The minimum Gasteiger partial charge on any atom is -0.496 e. The monoisotopic (exact) mass is 362 g/mol. The van der Waals surface area contributed by atoms with Crippen molar-refractivity contribution in [2.75, 3.05) is 20.2 Å². The van der Waals surface area contributed by atoms with Crippen LogP contribution >= 0.6 is 11.8 Å². The molecule has 0 atom stereocenters. The predicted molar refractivity (Wildman–Crippen MR) is 98.3 cm³/mol. The molecule has 1 heterocycles. The number of carbonyl (C=O) groups is 3. The van der Waals surface area contributed by atoms with Crippen LogP contribution in [0.15, 0.2) is 23.1 Å². The number of hydrogen-bond acceptors (Lipinski definition) is 5. The Bertz CT molecular complexity index is 715. The number of benzene rings is 1. The molecule has 0 unspecified atom stereocenters. The molecule has 0 bridgehead atoms. The van der Waals surface area contributed by atoms with E-state index in [0.29, 0.717) is 11.4 Å². The number of nitrogens with one attached hydrogen (secondary N) is 1. The van der Waals surface area contributed by atoms with Crippen LogP contribution in [0.25, 0.3) is 6.08 Å². The Labute approximate surface area is 151 Å². The highest BCUT2D eigenvalue weighted by Crippen LogP contribution is 2.32. The van der Waals surface area contributed by atoms with E-state index in [2.05, 4.69) is 5.32 Å². The number of hydrogen-bond donors (Lipinski definition) is 1. The lowest BCUT2D eigenvalue weighted by Crippen LogP contribution is -2.39. The number of carbonyl (C=O) groups excluding carboxylic acids is 3. The number of nitrogens with zero attached hydrogens (tertiary/aromatic N) is 1. The van der Waals surface area contributed by atoms with Crippen LogP contribution in [-0.4, -0.2) is 42.2 Å². The largest absolute Gasteiger partial charge is 0.496 e. The molecule has 7 heteroatoms. The smallest absolute Gasteiger partial charge is 0.294 e. The van der Waals surface area contributed by atoms with Gasteiger partial charge in [0.2, 0.25) is 5.91 Å². The lowest BCUT2D eigenvalue weighted by molar-refractivity contribution is -0.129. The topological polar surface area (TPSA) is 75.7 Å². The summed E-state index contributed by atoms with van der Waals surface area (Å²) in [7, 11) is 1.60. The van der Waals surface area contributed by atoms with Gasteiger partial charge in [-0.3, -0.25) is 19.3 Å². The van der Waals surface area contributed by atoms with E-state index in [1.807, 2.05) is 32.0 Å². The molecule has 1 aliphatic rings. The normalized spacial score (nSPS) is 15.8. The summed E-state index contributed by atoms with van der Waals surface area (Å²) in [6.45, 7) is 4.23. The molecular formula is C18H22N2O4S. The lowest BCUT2D eigenvalue weighted by atomic mass is 10.1. The van der Waals surface area contributed by atoms with Gasteiger partial charge in [-0.15, -0.1) is 0 Å². The average Bonchev–Trinajstić information content (AvgIpc) is 2.83. The molecule has 1 fully saturated rings. The van der Waals surface area contributed by atoms with Crippen LogP contribution in [0.4, 0.5) is 4.79 Å². The van der Waals surface area contributed by atoms with Gasteiger partial charge < -0.3 is 10.1 Å². The Morgan fingerprint density at radius 2 is 2.12 bits per heavy atom. The molecule has 0 aliphatic carbocycles. The Morgan fingerprint density at radius 3 is 2.76 bits per heavy atom. The zero-order valence-electron chi connectivity index (χ0n) is 14.6. The summed E-state index contributed by atoms with van der Waals surface area (Å²) in [5.41, 5.74) is 1.74. The van der Waals surface area contributed by atoms with Gasteiger partial charge in [0.25, 0.3) is 11.1 Å². The molecule has 1 N–H and O–H groups in total. The number of rotatable bonds is 7. The number of thioether (sulfide) groups is 1. The minimum atomic E-state index is -0.436. The summed E-state index contributed by atoms with van der Waals surface area (Å²) in [5, 5.41) is 2.28. The zero-order valence-corrected chi connectivity index (χ0v) is 15.4. The van der Waals surface area contributed by atoms with Crippen molar-refractivity contribution in [3.8, 4) is 5.75 Å². The van der Waals surface area contributed by atoms with Gasteiger partial charge in [0.05, 0.1) is 12.0 Å². The van der Waals surface area contributed by atoms with Gasteiger partial charge in [-0.2, -0.15) is 0 Å². The van der Waals surface area contributed by atoms with Crippen LogP contribution in [0.5, 0.6) is 5.75 Å². The minimum absolute atomic E-state index is 0.243. The molecule has 1 aliphatic heterocycles. The van der Waals surface area contributed by atoms with Crippen LogP contribution in [0, 0.1) is 6.92 Å². The summed E-state index contributed by atoms with van der Waals surface area (Å²) in [4.78, 5) is 37.6. The first kappa shape index (κ1) is 19.1. The van der Waals surface area contributed by atoms with Crippen LogP contribution in [0.3, 0.4) is 0 Å². The van der Waals surface area contributed by atoms with Gasteiger partial charge in [-0.05, 0) is 54.4 Å². The quantitative estimate of drug-likeness (QED) is 0.596. The highest BCUT2D eigenvalue weighted by Gasteiger charge is 2.36. The molecule has 25 heavy (non-hydrogen) atoms. The second-order valence-electron chi connectivity index (χ2n) is 5.70. The molecule has 0 radical (unpaired) electrons. The number of ether oxygens (including phenoxy) is 1. The number of aryl methyl sites for hydroxylation is 1. The molecule has 134 valence electrons. The number of amides is 3. The van der Waals surface area contributed by atoms with Gasteiger partial charge >= 0.3 is 0 Å². The number of imide groups is 1. The van der Waals surface area contributed by atoms with E-state index in [0.717, 1.165) is 46.4 Å². The van der Waals surface area contributed by atoms with Crippen molar-refractivity contribution < 1.29 is 19.1 Å². The molecule has 0 aromatic heterocycles. The van der Waals surface area contributed by atoms with Crippen LogP contribution < -0.4 is 10.1 Å². The average molecular weight is 362 g/mol. The van der Waals surface area contributed by atoms with E-state index in [-0.39, 0.29) is 12.5 Å². The molecule has 3 amide bonds. The van der Waals surface area contributed by atoms with Gasteiger partial charge in [-0.1, -0.05) is 19.4 Å². The van der Waals surface area contributed by atoms with Gasteiger partial charge in [-0.25, -0.2) is 0 Å². The zero-order chi connectivity index (χ0) is 18.4. The van der Waals surface area contributed by atoms with Gasteiger partial charge in [0, 0.05) is 6.54 Å². The molecule has 0 saturated carbocycles. The van der Waals surface area contributed by atoms with E-state index >= 15 is 0 Å². The fourth-order valence-corrected chi connectivity index (χ4v) is 3.22. The third-order valence-corrected chi connectivity index (χ3v) is 4.65. The molecule has 1 aromatic rings. The SMILES string of the molecule is CCCCNC(=O)CN1C(=O)S/C(=C\c2ccc(OC)c(C)c2)C1=O. The second-order valence-corrected chi connectivity index (χ2v) is 6.69. The van der Waals surface area contributed by atoms with E-state index in [1.54, 1.807) is 13.2 Å².